The van der Waals surface area contributed by atoms with E-state index in [1.54, 1.807) is 17.1 Å². The zero-order chi connectivity index (χ0) is 16.7. The van der Waals surface area contributed by atoms with Crippen LogP contribution in [0.25, 0.3) is 5.65 Å². The van der Waals surface area contributed by atoms with Crippen molar-refractivity contribution < 1.29 is 9.53 Å². The quantitative estimate of drug-likeness (QED) is 0.794. The van der Waals surface area contributed by atoms with Crippen LogP contribution in [0.2, 0.25) is 0 Å². The van der Waals surface area contributed by atoms with Crippen LogP contribution >= 0.6 is 0 Å². The Kier molecular flexibility index (Phi) is 3.57. The van der Waals surface area contributed by atoms with Crippen molar-refractivity contribution in [2.24, 2.45) is 7.05 Å². The molecule has 124 valence electrons. The van der Waals surface area contributed by atoms with E-state index in [1.165, 1.54) is 0 Å². The van der Waals surface area contributed by atoms with Gasteiger partial charge in [-0.3, -0.25) is 9.48 Å². The minimum atomic E-state index is -0.181. The molecule has 2 atom stereocenters. The molecular formula is C17H19N5O2. The van der Waals surface area contributed by atoms with Crippen molar-refractivity contribution in [1.29, 1.82) is 0 Å². The lowest BCUT2D eigenvalue weighted by Crippen LogP contribution is -2.37. The summed E-state index contributed by atoms with van der Waals surface area (Å²) in [5.74, 6) is -0.181. The van der Waals surface area contributed by atoms with Crippen LogP contribution < -0.4 is 5.32 Å². The fraction of sp³-hybridized carbons (Fsp3) is 0.353. The van der Waals surface area contributed by atoms with Gasteiger partial charge in [0.25, 0.3) is 5.91 Å². The van der Waals surface area contributed by atoms with E-state index in [0.717, 1.165) is 23.3 Å². The first-order chi connectivity index (χ1) is 11.6. The monoisotopic (exact) mass is 325 g/mol. The van der Waals surface area contributed by atoms with Gasteiger partial charge in [0.15, 0.2) is 0 Å². The summed E-state index contributed by atoms with van der Waals surface area (Å²) in [7, 11) is 1.88. The number of nitrogens with zero attached hydrogens (tertiary/aromatic N) is 4. The summed E-state index contributed by atoms with van der Waals surface area (Å²) in [4.78, 5) is 17.0. The number of amides is 1. The van der Waals surface area contributed by atoms with Gasteiger partial charge in [0.2, 0.25) is 0 Å². The molecule has 0 saturated carbocycles. The normalized spacial score (nSPS) is 20.6. The Morgan fingerprint density at radius 3 is 3.08 bits per heavy atom. The molecule has 3 aromatic rings. The van der Waals surface area contributed by atoms with Crippen LogP contribution in [0, 0.1) is 6.92 Å². The molecule has 1 N–H and O–H groups in total. The van der Waals surface area contributed by atoms with Crippen LogP contribution in [0.3, 0.4) is 0 Å². The van der Waals surface area contributed by atoms with Crippen molar-refractivity contribution in [3.8, 4) is 0 Å². The molecule has 4 rings (SSSR count). The highest BCUT2D eigenvalue weighted by Gasteiger charge is 2.33. The second-order valence-electron chi connectivity index (χ2n) is 6.14. The zero-order valence-electron chi connectivity index (χ0n) is 13.6. The van der Waals surface area contributed by atoms with Crippen molar-refractivity contribution >= 4 is 11.6 Å². The Morgan fingerprint density at radius 2 is 2.29 bits per heavy atom. The van der Waals surface area contributed by atoms with Gasteiger partial charge >= 0.3 is 0 Å². The predicted octanol–water partition coefficient (Wildman–Crippen LogP) is 1.64. The third-order valence-electron chi connectivity index (χ3n) is 4.41. The van der Waals surface area contributed by atoms with E-state index in [2.05, 4.69) is 15.4 Å². The van der Waals surface area contributed by atoms with Crippen LogP contribution in [-0.4, -0.2) is 37.7 Å². The van der Waals surface area contributed by atoms with Crippen molar-refractivity contribution in [3.05, 3.63) is 53.7 Å². The molecular weight excluding hydrogens is 306 g/mol. The molecule has 1 aliphatic heterocycles. The average molecular weight is 325 g/mol. The number of rotatable bonds is 3. The molecule has 1 fully saturated rings. The second-order valence-corrected chi connectivity index (χ2v) is 6.14. The first-order valence-electron chi connectivity index (χ1n) is 7.97. The van der Waals surface area contributed by atoms with Crippen LogP contribution in [-0.2, 0) is 11.8 Å². The highest BCUT2D eigenvalue weighted by Crippen LogP contribution is 2.28. The number of aromatic nitrogens is 4. The summed E-state index contributed by atoms with van der Waals surface area (Å²) < 4.78 is 9.43. The Labute approximate surface area is 139 Å². The lowest BCUT2D eigenvalue weighted by molar-refractivity contribution is 0.0790. The number of imidazole rings is 1. The van der Waals surface area contributed by atoms with Gasteiger partial charge in [0.1, 0.15) is 17.4 Å². The molecule has 1 amide bonds. The third-order valence-corrected chi connectivity index (χ3v) is 4.41. The highest BCUT2D eigenvalue weighted by molar-refractivity contribution is 5.93. The Morgan fingerprint density at radius 1 is 1.42 bits per heavy atom. The van der Waals surface area contributed by atoms with Crippen LogP contribution in [0.15, 0.2) is 36.8 Å². The molecule has 1 saturated heterocycles. The number of aryl methyl sites for hydroxylation is 2. The van der Waals surface area contributed by atoms with Gasteiger partial charge < -0.3 is 14.5 Å². The maximum Gasteiger partial charge on any atom is 0.271 e. The number of carbonyl (C=O) groups excluding carboxylic acids is 1. The zero-order valence-corrected chi connectivity index (χ0v) is 13.6. The van der Waals surface area contributed by atoms with Crippen molar-refractivity contribution in [2.45, 2.75) is 25.5 Å². The molecule has 0 radical (unpaired) electrons. The molecule has 1 aliphatic rings. The summed E-state index contributed by atoms with van der Waals surface area (Å²) in [5.41, 5.74) is 3.26. The lowest BCUT2D eigenvalue weighted by atomic mass is 10.1. The number of hydrogen-bond donors (Lipinski definition) is 1. The van der Waals surface area contributed by atoms with E-state index < -0.39 is 0 Å². The second kappa shape index (κ2) is 5.76. The Balaban J connectivity index is 1.55. The predicted molar refractivity (Wildman–Crippen MR) is 87.7 cm³/mol. The van der Waals surface area contributed by atoms with E-state index in [1.807, 2.05) is 42.8 Å². The average Bonchev–Trinajstić information content (AvgIpc) is 3.25. The largest absolute Gasteiger partial charge is 0.370 e. The van der Waals surface area contributed by atoms with E-state index in [0.29, 0.717) is 12.3 Å². The Bertz CT molecular complexity index is 897. The standard InChI is InChI=1S/C17H19N5O2/c1-11-4-7-22-10-13(19-15(22)9-11)17(23)20-12-5-8-24-16(12)14-3-6-18-21(14)2/h3-4,6-7,9-10,12,16H,5,8H2,1-2H3,(H,20,23)/t12-,16-/m0/s1. The summed E-state index contributed by atoms with van der Waals surface area (Å²) in [6.07, 6.45) is 5.99. The molecule has 0 bridgehead atoms. The lowest BCUT2D eigenvalue weighted by Gasteiger charge is -2.19. The van der Waals surface area contributed by atoms with Gasteiger partial charge in [0, 0.05) is 32.2 Å². The first-order valence-corrected chi connectivity index (χ1v) is 7.97. The number of pyridine rings is 1. The molecule has 0 aromatic carbocycles. The minimum absolute atomic E-state index is 0.0838. The van der Waals surface area contributed by atoms with Gasteiger partial charge in [-0.2, -0.15) is 5.10 Å². The number of hydrogen-bond acceptors (Lipinski definition) is 4. The van der Waals surface area contributed by atoms with E-state index in [4.69, 9.17) is 4.74 Å². The van der Waals surface area contributed by atoms with Crippen LogP contribution in [0.5, 0.6) is 0 Å². The molecule has 7 nitrogen and oxygen atoms in total. The molecule has 7 heteroatoms. The van der Waals surface area contributed by atoms with Gasteiger partial charge in [-0.15, -0.1) is 0 Å². The number of fused-ring (bicyclic) bond motifs is 1. The smallest absolute Gasteiger partial charge is 0.271 e. The molecule has 0 aliphatic carbocycles. The molecule has 24 heavy (non-hydrogen) atoms. The van der Waals surface area contributed by atoms with Gasteiger partial charge in [0.05, 0.1) is 11.7 Å². The summed E-state index contributed by atoms with van der Waals surface area (Å²) >= 11 is 0. The molecule has 3 aromatic heterocycles. The number of nitrogens with one attached hydrogen (secondary N) is 1. The van der Waals surface area contributed by atoms with E-state index in [-0.39, 0.29) is 18.1 Å². The van der Waals surface area contributed by atoms with Crippen molar-refractivity contribution in [2.75, 3.05) is 6.61 Å². The topological polar surface area (TPSA) is 73.4 Å². The first kappa shape index (κ1) is 14.9. The van der Waals surface area contributed by atoms with Crippen LogP contribution in [0.4, 0.5) is 0 Å². The van der Waals surface area contributed by atoms with Crippen molar-refractivity contribution in [3.63, 3.8) is 0 Å². The molecule has 0 unspecified atom stereocenters. The fourth-order valence-corrected chi connectivity index (χ4v) is 3.13. The number of ether oxygens (including phenoxy) is 1. The summed E-state index contributed by atoms with van der Waals surface area (Å²) in [5, 5.41) is 7.23. The molecule has 0 spiro atoms. The SMILES string of the molecule is Cc1ccn2cc(C(=O)N[C@H]3CCO[C@@H]3c3ccnn3C)nc2c1. The highest BCUT2D eigenvalue weighted by atomic mass is 16.5. The van der Waals surface area contributed by atoms with Gasteiger partial charge in [-0.25, -0.2) is 4.98 Å². The summed E-state index contributed by atoms with van der Waals surface area (Å²) in [6.45, 7) is 2.62. The maximum atomic E-state index is 12.6. The molecule has 4 heterocycles. The van der Waals surface area contributed by atoms with E-state index in [9.17, 15) is 4.79 Å². The van der Waals surface area contributed by atoms with Crippen LogP contribution in [0.1, 0.15) is 34.3 Å². The van der Waals surface area contributed by atoms with Gasteiger partial charge in [-0.1, -0.05) is 0 Å². The summed E-state index contributed by atoms with van der Waals surface area (Å²) in [6, 6.07) is 5.77. The fourth-order valence-electron chi connectivity index (χ4n) is 3.13. The number of carbonyl (C=O) groups is 1. The Hall–Kier alpha value is -2.67. The maximum absolute atomic E-state index is 12.6. The van der Waals surface area contributed by atoms with E-state index >= 15 is 0 Å². The van der Waals surface area contributed by atoms with Crippen molar-refractivity contribution in [1.82, 2.24) is 24.5 Å². The van der Waals surface area contributed by atoms with Gasteiger partial charge in [-0.05, 0) is 37.1 Å². The third kappa shape index (κ3) is 2.56. The minimum Gasteiger partial charge on any atom is -0.370 e.